The van der Waals surface area contributed by atoms with Gasteiger partial charge in [0.15, 0.2) is 0 Å². The summed E-state index contributed by atoms with van der Waals surface area (Å²) in [5.41, 5.74) is 6.58. The van der Waals surface area contributed by atoms with E-state index in [0.29, 0.717) is 28.0 Å². The van der Waals surface area contributed by atoms with Crippen LogP contribution < -0.4 is 11.1 Å². The van der Waals surface area contributed by atoms with E-state index in [4.69, 9.17) is 33.7 Å². The Morgan fingerprint density at radius 2 is 1.86 bits per heavy atom. The number of nitrogens with two attached hydrogens (primary N) is 1. The summed E-state index contributed by atoms with van der Waals surface area (Å²) in [5, 5.41) is 3.27. The van der Waals surface area contributed by atoms with Crippen LogP contribution in [0.5, 0.6) is 0 Å². The molecule has 0 saturated heterocycles. The second-order valence-electron chi connectivity index (χ2n) is 6.17. The summed E-state index contributed by atoms with van der Waals surface area (Å²) in [4.78, 5) is 12.1. The molecule has 0 aromatic heterocycles. The molecule has 4 nitrogen and oxygen atoms in total. The van der Waals surface area contributed by atoms with Crippen LogP contribution in [0.25, 0.3) is 0 Å². The average Bonchev–Trinajstić information content (AvgIpc) is 2.31. The topological polar surface area (TPSA) is 64.3 Å². The van der Waals surface area contributed by atoms with E-state index in [9.17, 15) is 4.79 Å². The summed E-state index contributed by atoms with van der Waals surface area (Å²) >= 11 is 12.1. The van der Waals surface area contributed by atoms with Crippen molar-refractivity contribution in [2.75, 3.05) is 17.7 Å². The first-order valence-electron chi connectivity index (χ1n) is 6.77. The highest BCUT2D eigenvalue weighted by Gasteiger charge is 2.18. The fourth-order valence-corrected chi connectivity index (χ4v) is 2.15. The van der Waals surface area contributed by atoms with Gasteiger partial charge in [0.25, 0.3) is 5.91 Å². The van der Waals surface area contributed by atoms with Crippen LogP contribution in [0.1, 0.15) is 34.1 Å². The standard InChI is InChI=1S/C15H22Cl2N2O2/c1-9(21-6-5-15(2,3)4)14(20)19-13-11(16)7-10(18)8-12(13)17/h7-9H,5-6,18H2,1-4H3,(H,19,20). The maximum absolute atomic E-state index is 12.1. The normalized spacial score (nSPS) is 13.0. The van der Waals surface area contributed by atoms with Crippen molar-refractivity contribution in [3.8, 4) is 0 Å². The summed E-state index contributed by atoms with van der Waals surface area (Å²) in [6, 6.07) is 3.07. The zero-order chi connectivity index (χ0) is 16.2. The molecule has 0 bridgehead atoms. The smallest absolute Gasteiger partial charge is 0.253 e. The summed E-state index contributed by atoms with van der Waals surface area (Å²) < 4.78 is 5.53. The van der Waals surface area contributed by atoms with Crippen LogP contribution in [0.4, 0.5) is 11.4 Å². The molecule has 0 aliphatic heterocycles. The van der Waals surface area contributed by atoms with Crippen LogP contribution in [0.3, 0.4) is 0 Å². The largest absolute Gasteiger partial charge is 0.399 e. The molecule has 1 rings (SSSR count). The number of carbonyl (C=O) groups is 1. The highest BCUT2D eigenvalue weighted by Crippen LogP contribution is 2.33. The number of ether oxygens (including phenoxy) is 1. The Morgan fingerprint density at radius 3 is 2.33 bits per heavy atom. The van der Waals surface area contributed by atoms with Crippen LogP contribution in [-0.4, -0.2) is 18.6 Å². The van der Waals surface area contributed by atoms with Gasteiger partial charge in [0.2, 0.25) is 0 Å². The molecular formula is C15H22Cl2N2O2. The van der Waals surface area contributed by atoms with E-state index >= 15 is 0 Å². The summed E-state index contributed by atoms with van der Waals surface area (Å²) in [6.45, 7) is 8.57. The maximum atomic E-state index is 12.1. The predicted octanol–water partition coefficient (Wildman–Crippen LogP) is 4.36. The van der Waals surface area contributed by atoms with Crippen molar-refractivity contribution in [1.29, 1.82) is 0 Å². The molecule has 1 aromatic carbocycles. The fraction of sp³-hybridized carbons (Fsp3) is 0.533. The Hall–Kier alpha value is -0.970. The number of amides is 1. The van der Waals surface area contributed by atoms with Crippen molar-refractivity contribution in [2.45, 2.75) is 40.2 Å². The number of hydrogen-bond acceptors (Lipinski definition) is 3. The van der Waals surface area contributed by atoms with E-state index in [-0.39, 0.29) is 11.3 Å². The lowest BCUT2D eigenvalue weighted by atomic mass is 9.93. The molecule has 0 saturated carbocycles. The van der Waals surface area contributed by atoms with Crippen LogP contribution >= 0.6 is 23.2 Å². The minimum atomic E-state index is -0.586. The lowest BCUT2D eigenvalue weighted by molar-refractivity contribution is -0.126. The van der Waals surface area contributed by atoms with Crippen LogP contribution in [0, 0.1) is 5.41 Å². The number of anilines is 2. The first-order chi connectivity index (χ1) is 9.60. The van der Waals surface area contributed by atoms with Crippen molar-refractivity contribution in [3.63, 3.8) is 0 Å². The van der Waals surface area contributed by atoms with Crippen LogP contribution in [0.15, 0.2) is 12.1 Å². The molecule has 1 unspecified atom stereocenters. The van der Waals surface area contributed by atoms with Crippen molar-refractivity contribution in [2.24, 2.45) is 5.41 Å². The van der Waals surface area contributed by atoms with E-state index in [1.807, 2.05) is 0 Å². The van der Waals surface area contributed by atoms with Gasteiger partial charge in [-0.15, -0.1) is 0 Å². The summed E-state index contributed by atoms with van der Waals surface area (Å²) in [6.07, 6.45) is 0.283. The number of halogens is 2. The molecule has 1 aromatic rings. The summed E-state index contributed by atoms with van der Waals surface area (Å²) in [7, 11) is 0. The van der Waals surface area contributed by atoms with Gasteiger partial charge in [-0.1, -0.05) is 44.0 Å². The monoisotopic (exact) mass is 332 g/mol. The number of rotatable bonds is 5. The third kappa shape index (κ3) is 6.12. The van der Waals surface area contributed by atoms with Crippen molar-refractivity contribution in [1.82, 2.24) is 0 Å². The molecule has 1 atom stereocenters. The van der Waals surface area contributed by atoms with Crippen LogP contribution in [0.2, 0.25) is 10.0 Å². The fourth-order valence-electron chi connectivity index (χ4n) is 1.55. The molecule has 6 heteroatoms. The Labute approximate surface area is 135 Å². The van der Waals surface area contributed by atoms with Crippen LogP contribution in [-0.2, 0) is 9.53 Å². The first-order valence-corrected chi connectivity index (χ1v) is 7.53. The van der Waals surface area contributed by atoms with Gasteiger partial charge in [0.05, 0.1) is 15.7 Å². The lowest BCUT2D eigenvalue weighted by Gasteiger charge is -2.20. The van der Waals surface area contributed by atoms with E-state index in [1.165, 1.54) is 12.1 Å². The van der Waals surface area contributed by atoms with Gasteiger partial charge in [0.1, 0.15) is 6.10 Å². The molecule has 1 amide bonds. The van der Waals surface area contributed by atoms with Crippen molar-refractivity contribution >= 4 is 40.5 Å². The minimum Gasteiger partial charge on any atom is -0.399 e. The minimum absolute atomic E-state index is 0.166. The van der Waals surface area contributed by atoms with Gasteiger partial charge in [-0.3, -0.25) is 4.79 Å². The SMILES string of the molecule is CC(OCCC(C)(C)C)C(=O)Nc1c(Cl)cc(N)cc1Cl. The molecule has 3 N–H and O–H groups in total. The quantitative estimate of drug-likeness (QED) is 0.787. The molecule has 21 heavy (non-hydrogen) atoms. The molecule has 0 aliphatic rings. The second kappa shape index (κ2) is 7.34. The van der Waals surface area contributed by atoms with E-state index in [0.717, 1.165) is 6.42 Å². The molecule has 0 radical (unpaired) electrons. The van der Waals surface area contributed by atoms with Gasteiger partial charge in [-0.25, -0.2) is 0 Å². The first kappa shape index (κ1) is 18.1. The highest BCUT2D eigenvalue weighted by molar-refractivity contribution is 6.40. The van der Waals surface area contributed by atoms with Crippen molar-refractivity contribution < 1.29 is 9.53 Å². The number of carbonyl (C=O) groups excluding carboxylic acids is 1. The molecule has 118 valence electrons. The second-order valence-corrected chi connectivity index (χ2v) is 6.99. The average molecular weight is 333 g/mol. The van der Waals surface area contributed by atoms with E-state index in [2.05, 4.69) is 26.1 Å². The number of hydrogen-bond donors (Lipinski definition) is 2. The van der Waals surface area contributed by atoms with Gasteiger partial charge in [-0.2, -0.15) is 0 Å². The van der Waals surface area contributed by atoms with Gasteiger partial charge in [-0.05, 0) is 30.9 Å². The molecule has 0 spiro atoms. The molecule has 0 aliphatic carbocycles. The van der Waals surface area contributed by atoms with Gasteiger partial charge >= 0.3 is 0 Å². The Bertz CT molecular complexity index is 490. The third-order valence-corrected chi connectivity index (χ3v) is 3.50. The molecule has 0 heterocycles. The Kier molecular flexibility index (Phi) is 6.32. The Balaban J connectivity index is 2.61. The molecular weight excluding hydrogens is 311 g/mol. The zero-order valence-electron chi connectivity index (χ0n) is 12.8. The molecule has 0 fully saturated rings. The number of nitrogens with one attached hydrogen (secondary N) is 1. The van der Waals surface area contributed by atoms with Crippen molar-refractivity contribution in [3.05, 3.63) is 22.2 Å². The Morgan fingerprint density at radius 1 is 1.33 bits per heavy atom. The lowest BCUT2D eigenvalue weighted by Crippen LogP contribution is -2.29. The predicted molar refractivity (Wildman–Crippen MR) is 89.0 cm³/mol. The van der Waals surface area contributed by atoms with Gasteiger partial charge in [0, 0.05) is 12.3 Å². The van der Waals surface area contributed by atoms with E-state index in [1.54, 1.807) is 6.92 Å². The maximum Gasteiger partial charge on any atom is 0.253 e. The third-order valence-electron chi connectivity index (χ3n) is 2.90. The highest BCUT2D eigenvalue weighted by atomic mass is 35.5. The zero-order valence-corrected chi connectivity index (χ0v) is 14.3. The number of benzene rings is 1. The van der Waals surface area contributed by atoms with Gasteiger partial charge < -0.3 is 15.8 Å². The summed E-state index contributed by atoms with van der Waals surface area (Å²) in [5.74, 6) is -0.294. The van der Waals surface area contributed by atoms with E-state index < -0.39 is 6.10 Å². The number of nitrogen functional groups attached to an aromatic ring is 1.